The number of ether oxygens (including phenoxy) is 1. The van der Waals surface area contributed by atoms with Crippen LogP contribution >= 0.6 is 0 Å². The van der Waals surface area contributed by atoms with E-state index in [9.17, 15) is 0 Å². The van der Waals surface area contributed by atoms with E-state index in [4.69, 9.17) is 4.74 Å². The van der Waals surface area contributed by atoms with Crippen LogP contribution in [0.3, 0.4) is 0 Å². The Bertz CT molecular complexity index is 426. The molecule has 0 spiro atoms. The van der Waals surface area contributed by atoms with Crippen LogP contribution in [-0.2, 0) is 6.61 Å². The normalized spacial score (nSPS) is 8.72. The van der Waals surface area contributed by atoms with Gasteiger partial charge in [-0.25, -0.2) is 0 Å². The minimum Gasteiger partial charge on any atom is -0.870 e. The molecule has 3 heteroatoms. The Balaban J connectivity index is 0.00000144. The fourth-order valence-electron chi connectivity index (χ4n) is 1.50. The molecule has 2 aromatic rings. The van der Waals surface area contributed by atoms with Gasteiger partial charge in [0.25, 0.3) is 0 Å². The Hall–Kier alpha value is -0.125. The van der Waals surface area contributed by atoms with Crippen molar-refractivity contribution < 1.29 is 68.4 Å². The summed E-state index contributed by atoms with van der Waals surface area (Å²) < 4.78 is 5.68. The first kappa shape index (κ1) is 17.9. The monoisotopic (exact) mass is 313 g/mol. The Morgan fingerprint density at radius 3 is 2.11 bits per heavy atom. The van der Waals surface area contributed by atoms with Crippen LogP contribution in [0.15, 0.2) is 54.6 Å². The first-order valence-corrected chi connectivity index (χ1v) is 5.44. The Kier molecular flexibility index (Phi) is 9.69. The predicted molar refractivity (Wildman–Crippen MR) is 68.2 cm³/mol. The molecule has 0 radical (unpaired) electrons. The third kappa shape index (κ3) is 5.68. The Morgan fingerprint density at radius 2 is 1.56 bits per heavy atom. The number of rotatable bonds is 4. The molecule has 0 saturated heterocycles. The molecule has 0 bridgehead atoms. The van der Waals surface area contributed by atoms with Crippen LogP contribution in [0.1, 0.15) is 18.1 Å². The third-order valence-corrected chi connectivity index (χ3v) is 2.46. The van der Waals surface area contributed by atoms with E-state index in [-0.39, 0.29) is 63.7 Å². The topological polar surface area (TPSA) is 39.2 Å². The van der Waals surface area contributed by atoms with Crippen molar-refractivity contribution in [2.75, 3.05) is 0 Å². The van der Waals surface area contributed by atoms with Gasteiger partial charge in [0, 0.05) is 0 Å². The van der Waals surface area contributed by atoms with Crippen LogP contribution in [0.5, 0.6) is 5.75 Å². The molecule has 0 amide bonds. The van der Waals surface area contributed by atoms with Gasteiger partial charge < -0.3 is 10.2 Å². The second-order valence-corrected chi connectivity index (χ2v) is 3.63. The first-order chi connectivity index (χ1) is 7.88. The minimum atomic E-state index is 0. The second kappa shape index (κ2) is 9.76. The van der Waals surface area contributed by atoms with Crippen molar-refractivity contribution in [3.8, 4) is 5.75 Å². The molecular weight excluding hydrogens is 298 g/mol. The van der Waals surface area contributed by atoms with Crippen LogP contribution in [-0.4, -0.2) is 5.48 Å². The van der Waals surface area contributed by atoms with Gasteiger partial charge in [0.2, 0.25) is 0 Å². The molecule has 2 aromatic carbocycles. The van der Waals surface area contributed by atoms with Gasteiger partial charge in [0.1, 0.15) is 6.61 Å². The van der Waals surface area contributed by atoms with E-state index in [2.05, 4.69) is 30.7 Å². The van der Waals surface area contributed by atoms with Crippen molar-refractivity contribution in [3.63, 3.8) is 0 Å². The van der Waals surface area contributed by atoms with Crippen LogP contribution in [0, 0.1) is 6.42 Å². The summed E-state index contributed by atoms with van der Waals surface area (Å²) in [5, 5.41) is 0. The fourth-order valence-corrected chi connectivity index (χ4v) is 1.50. The summed E-state index contributed by atoms with van der Waals surface area (Å²) in [5.41, 5.74) is 2.40. The smallest absolute Gasteiger partial charge is 0.870 e. The van der Waals surface area contributed by atoms with E-state index in [0.717, 1.165) is 5.75 Å². The van der Waals surface area contributed by atoms with E-state index in [1.807, 2.05) is 37.3 Å². The zero-order valence-corrected chi connectivity index (χ0v) is 15.8. The maximum Gasteiger partial charge on any atom is 1.00 e. The summed E-state index contributed by atoms with van der Waals surface area (Å²) in [6.45, 7) is 2.65. The molecule has 1 N–H and O–H groups in total. The van der Waals surface area contributed by atoms with Crippen LogP contribution in [0.2, 0.25) is 0 Å². The molecule has 0 saturated carbocycles. The molecule has 0 unspecified atom stereocenters. The van der Waals surface area contributed by atoms with Crippen molar-refractivity contribution in [2.24, 2.45) is 0 Å². The van der Waals surface area contributed by atoms with Gasteiger partial charge in [0.05, 0.1) is 5.75 Å². The summed E-state index contributed by atoms with van der Waals surface area (Å²) in [7, 11) is 0. The molecule has 2 rings (SSSR count). The first-order valence-electron chi connectivity index (χ1n) is 5.44. The quantitative estimate of drug-likeness (QED) is 0.778. The maximum absolute atomic E-state index is 5.68. The number of benzene rings is 2. The molecule has 0 atom stereocenters. The van der Waals surface area contributed by atoms with Crippen molar-refractivity contribution in [1.29, 1.82) is 0 Å². The predicted octanol–water partition coefficient (Wildman–Crippen LogP) is 0.665. The van der Waals surface area contributed by atoms with Crippen LogP contribution in [0.25, 0.3) is 0 Å². The standard InChI is InChI=1S/C15H15O.H2O.Rb/c1-2-13-8-10-15(11-9-13)16-12-14-6-4-3-5-7-14;;/h2-11H,12H2,1H3;1H2;/q-1;;+1/p-1. The summed E-state index contributed by atoms with van der Waals surface area (Å²) in [6, 6.07) is 18.3. The molecule has 90 valence electrons. The molecule has 0 aliphatic rings. The summed E-state index contributed by atoms with van der Waals surface area (Å²) >= 11 is 0. The van der Waals surface area contributed by atoms with Gasteiger partial charge in [-0.05, 0) is 5.56 Å². The van der Waals surface area contributed by atoms with Gasteiger partial charge >= 0.3 is 58.2 Å². The zero-order valence-electron chi connectivity index (χ0n) is 10.8. The summed E-state index contributed by atoms with van der Waals surface area (Å²) in [4.78, 5) is 0. The molecule has 0 aliphatic carbocycles. The van der Waals surface area contributed by atoms with Crippen LogP contribution in [0.4, 0.5) is 0 Å². The SMILES string of the molecule is C[CH-]c1ccc(OCc2ccccc2)cc1.[OH-].[Rb+]. The molecule has 0 aromatic heterocycles. The largest absolute Gasteiger partial charge is 1.00 e. The Labute approximate surface area is 157 Å². The van der Waals surface area contributed by atoms with E-state index in [1.165, 1.54) is 11.1 Å². The average Bonchev–Trinajstić information content (AvgIpc) is 2.38. The van der Waals surface area contributed by atoms with Gasteiger partial charge in [-0.1, -0.05) is 49.4 Å². The fraction of sp³-hybridized carbons (Fsp3) is 0.133. The third-order valence-electron chi connectivity index (χ3n) is 2.46. The number of hydrogen-bond donors (Lipinski definition) is 0. The average molecular weight is 314 g/mol. The molecule has 0 fully saturated rings. The van der Waals surface area contributed by atoms with Gasteiger partial charge in [-0.15, -0.1) is 0 Å². The van der Waals surface area contributed by atoms with Crippen LogP contribution < -0.4 is 62.9 Å². The van der Waals surface area contributed by atoms with Crippen molar-refractivity contribution in [3.05, 3.63) is 72.1 Å². The van der Waals surface area contributed by atoms with E-state index in [0.29, 0.717) is 6.61 Å². The van der Waals surface area contributed by atoms with E-state index < -0.39 is 0 Å². The van der Waals surface area contributed by atoms with Crippen molar-refractivity contribution in [1.82, 2.24) is 0 Å². The summed E-state index contributed by atoms with van der Waals surface area (Å²) in [5.74, 6) is 0.912. The zero-order chi connectivity index (χ0) is 11.2. The number of hydrogen-bond acceptors (Lipinski definition) is 2. The molecule has 0 heterocycles. The molecule has 0 aliphatic heterocycles. The molecule has 18 heavy (non-hydrogen) atoms. The molecular formula is C15H16O2Rb-. The van der Waals surface area contributed by atoms with Gasteiger partial charge in [-0.3, -0.25) is 0 Å². The second-order valence-electron chi connectivity index (χ2n) is 3.63. The van der Waals surface area contributed by atoms with Crippen molar-refractivity contribution >= 4 is 0 Å². The summed E-state index contributed by atoms with van der Waals surface area (Å²) in [6.07, 6.45) is 2.07. The van der Waals surface area contributed by atoms with Gasteiger partial charge in [-0.2, -0.15) is 24.1 Å². The maximum atomic E-state index is 5.68. The van der Waals surface area contributed by atoms with E-state index in [1.54, 1.807) is 0 Å². The van der Waals surface area contributed by atoms with Gasteiger partial charge in [0.15, 0.2) is 0 Å². The minimum absolute atomic E-state index is 0. The Morgan fingerprint density at radius 1 is 0.944 bits per heavy atom. The molecule has 2 nitrogen and oxygen atoms in total. The van der Waals surface area contributed by atoms with Crippen molar-refractivity contribution in [2.45, 2.75) is 13.5 Å². The van der Waals surface area contributed by atoms with E-state index >= 15 is 0 Å².